The van der Waals surface area contributed by atoms with Crippen molar-refractivity contribution in [3.8, 4) is 0 Å². The van der Waals surface area contributed by atoms with Crippen LogP contribution in [0, 0.1) is 0 Å². The molecule has 0 bridgehead atoms. The number of carbonyl (C=O) groups is 3. The number of hydrogen-bond donors (Lipinski definition) is 0. The van der Waals surface area contributed by atoms with Gasteiger partial charge in [-0.1, -0.05) is 0 Å². The fourth-order valence-corrected chi connectivity index (χ4v) is 0.914. The molecule has 1 aliphatic heterocycles. The largest absolute Gasteiger partial charge is 0.793 e. The van der Waals surface area contributed by atoms with E-state index in [0.29, 0.717) is 6.92 Å². The third-order valence-corrected chi connectivity index (χ3v) is 2.02. The molecule has 7 nitrogen and oxygen atoms in total. The Morgan fingerprint density at radius 1 is 1.33 bits per heavy atom. The fourth-order valence-electron chi connectivity index (χ4n) is 0.914. The first-order valence-corrected chi connectivity index (χ1v) is 4.36. The maximum absolute atomic E-state index is 12.5. The molecule has 0 saturated carbocycles. The van der Waals surface area contributed by atoms with Crippen molar-refractivity contribution in [2.24, 2.45) is 0 Å². The molecule has 1 fully saturated rings. The highest BCUT2D eigenvalue weighted by molar-refractivity contribution is 6.49. The summed E-state index contributed by atoms with van der Waals surface area (Å²) < 4.78 is 53.6. The van der Waals surface area contributed by atoms with Crippen molar-refractivity contribution < 1.29 is 46.3 Å². The van der Waals surface area contributed by atoms with Gasteiger partial charge < -0.3 is 18.7 Å². The first-order chi connectivity index (χ1) is 8.11. The summed E-state index contributed by atoms with van der Waals surface area (Å²) in [7, 11) is -1.40. The predicted molar refractivity (Wildman–Crippen MR) is 45.5 cm³/mol. The minimum atomic E-state index is -5.06. The van der Waals surface area contributed by atoms with Crippen LogP contribution in [0.1, 0.15) is 6.92 Å². The van der Waals surface area contributed by atoms with Crippen LogP contribution >= 0.6 is 0 Å². The average Bonchev–Trinajstić information content (AvgIpc) is 2.53. The third kappa shape index (κ3) is 2.40. The van der Waals surface area contributed by atoms with Gasteiger partial charge in [0, 0.05) is 0 Å². The fraction of sp³-hybridized carbons (Fsp3) is 0.571. The Bertz CT molecular complexity index is 395. The Morgan fingerprint density at radius 2 is 1.89 bits per heavy atom. The van der Waals surface area contributed by atoms with Crippen molar-refractivity contribution in [1.29, 1.82) is 0 Å². The molecule has 11 heteroatoms. The van der Waals surface area contributed by atoms with Crippen LogP contribution < -0.4 is 0 Å². The highest BCUT2D eigenvalue weighted by Gasteiger charge is 2.68. The summed E-state index contributed by atoms with van der Waals surface area (Å²) in [5.74, 6) is -4.91. The summed E-state index contributed by atoms with van der Waals surface area (Å²) in [4.78, 5) is 32.5. The van der Waals surface area contributed by atoms with Crippen molar-refractivity contribution in [3.05, 3.63) is 0 Å². The number of halogens is 3. The van der Waals surface area contributed by atoms with Gasteiger partial charge in [0.2, 0.25) is 5.60 Å². The summed E-state index contributed by atoms with van der Waals surface area (Å²) in [6.07, 6.45) is -5.06. The number of hydrogen-bond acceptors (Lipinski definition) is 7. The first-order valence-electron chi connectivity index (χ1n) is 4.36. The Morgan fingerprint density at radius 3 is 2.28 bits per heavy atom. The van der Waals surface area contributed by atoms with Gasteiger partial charge in [0.05, 0.1) is 7.11 Å². The van der Waals surface area contributed by atoms with Crippen molar-refractivity contribution in [2.75, 3.05) is 7.11 Å². The molecule has 0 radical (unpaired) electrons. The minimum absolute atomic E-state index is 0.404. The molecule has 1 atom stereocenters. The van der Waals surface area contributed by atoms with Crippen molar-refractivity contribution in [2.45, 2.75) is 18.7 Å². The van der Waals surface area contributed by atoms with Crippen LogP contribution in [0.5, 0.6) is 0 Å². The number of alkyl halides is 3. The van der Waals surface area contributed by atoms with Gasteiger partial charge in [-0.25, -0.2) is 9.59 Å². The van der Waals surface area contributed by atoms with Gasteiger partial charge in [0.1, 0.15) is 0 Å². The Kier molecular flexibility index (Phi) is 3.56. The maximum atomic E-state index is 12.5. The predicted octanol–water partition coefficient (Wildman–Crippen LogP) is -0.418. The molecular formula is C7H6BF3O7. The molecule has 18 heavy (non-hydrogen) atoms. The van der Waals surface area contributed by atoms with E-state index in [-0.39, 0.29) is 0 Å². The van der Waals surface area contributed by atoms with Crippen LogP contribution in [0.25, 0.3) is 0 Å². The molecule has 0 aromatic rings. The van der Waals surface area contributed by atoms with Gasteiger partial charge in [-0.3, -0.25) is 4.79 Å². The number of esters is 1. The molecule has 0 N–H and O–H groups in total. The minimum Gasteiger partial charge on any atom is -0.471 e. The van der Waals surface area contributed by atoms with Crippen molar-refractivity contribution in [1.82, 2.24) is 0 Å². The van der Waals surface area contributed by atoms with Crippen LogP contribution in [-0.2, 0) is 33.1 Å². The summed E-state index contributed by atoms with van der Waals surface area (Å²) in [5.41, 5.74) is -3.26. The molecule has 1 saturated heterocycles. The van der Waals surface area contributed by atoms with Gasteiger partial charge in [-0.2, -0.15) is 13.2 Å². The zero-order valence-electron chi connectivity index (χ0n) is 9.07. The Hall–Kier alpha value is -1.78. The molecule has 0 aliphatic carbocycles. The van der Waals surface area contributed by atoms with Gasteiger partial charge in [0.25, 0.3) is 0 Å². The second-order valence-corrected chi connectivity index (χ2v) is 3.24. The van der Waals surface area contributed by atoms with Crippen molar-refractivity contribution in [3.63, 3.8) is 0 Å². The lowest BCUT2D eigenvalue weighted by Gasteiger charge is -2.21. The zero-order valence-corrected chi connectivity index (χ0v) is 9.07. The van der Waals surface area contributed by atoms with E-state index in [2.05, 4.69) is 18.7 Å². The lowest BCUT2D eigenvalue weighted by molar-refractivity contribution is -0.234. The van der Waals surface area contributed by atoms with E-state index in [1.807, 2.05) is 0 Å². The van der Waals surface area contributed by atoms with Gasteiger partial charge in [-0.05, 0) is 6.92 Å². The van der Waals surface area contributed by atoms with E-state index in [1.165, 1.54) is 0 Å². The summed E-state index contributed by atoms with van der Waals surface area (Å²) in [6.45, 7) is 0.404. The lowest BCUT2D eigenvalue weighted by atomic mass is 10.1. The van der Waals surface area contributed by atoms with E-state index in [9.17, 15) is 27.6 Å². The van der Waals surface area contributed by atoms with E-state index in [0.717, 1.165) is 7.11 Å². The van der Waals surface area contributed by atoms with Gasteiger partial charge in [0.15, 0.2) is 0 Å². The Labute approximate surface area is 98.3 Å². The number of methoxy groups -OCH3 is 1. The summed E-state index contributed by atoms with van der Waals surface area (Å²) >= 11 is 0. The van der Waals surface area contributed by atoms with Gasteiger partial charge >= 0.3 is 31.4 Å². The molecule has 1 unspecified atom stereocenters. The Balaban J connectivity index is 2.74. The molecule has 1 rings (SSSR count). The monoisotopic (exact) mass is 270 g/mol. The van der Waals surface area contributed by atoms with E-state index < -0.39 is 37.0 Å². The van der Waals surface area contributed by atoms with Crippen LogP contribution in [0.4, 0.5) is 13.2 Å². The van der Waals surface area contributed by atoms with Crippen LogP contribution in [0.3, 0.4) is 0 Å². The van der Waals surface area contributed by atoms with Crippen molar-refractivity contribution >= 4 is 25.2 Å². The van der Waals surface area contributed by atoms with E-state index in [1.54, 1.807) is 0 Å². The van der Waals surface area contributed by atoms with E-state index in [4.69, 9.17) is 0 Å². The topological polar surface area (TPSA) is 88.1 Å². The molecule has 100 valence electrons. The normalized spacial score (nSPS) is 23.6. The third-order valence-electron chi connectivity index (χ3n) is 2.02. The smallest absolute Gasteiger partial charge is 0.471 e. The van der Waals surface area contributed by atoms with Crippen LogP contribution in [0.15, 0.2) is 0 Å². The second kappa shape index (κ2) is 4.48. The molecule has 0 aromatic heterocycles. The SMILES string of the molecule is COC(=O)C(=O)OB1OC(=O)C(C)(C(F)(F)F)O1. The standard InChI is InChI=1S/C7H6BF3O7/c1-6(7(9,10)11)5(14)17-8(18-6)16-4(13)3(12)15-2/h1-2H3. The maximum Gasteiger partial charge on any atom is 0.793 e. The van der Waals surface area contributed by atoms with Crippen LogP contribution in [0.2, 0.25) is 0 Å². The molecule has 1 heterocycles. The zero-order chi connectivity index (χ0) is 14.1. The average molecular weight is 270 g/mol. The molecule has 1 aliphatic rings. The van der Waals surface area contributed by atoms with Crippen LogP contribution in [-0.4, -0.2) is 44.1 Å². The second-order valence-electron chi connectivity index (χ2n) is 3.24. The molecule has 0 amide bonds. The molecule has 0 aromatic carbocycles. The number of rotatable bonds is 1. The number of ether oxygens (including phenoxy) is 1. The molecule has 0 spiro atoms. The molecular weight excluding hydrogens is 264 g/mol. The highest BCUT2D eigenvalue weighted by atomic mass is 19.4. The quantitative estimate of drug-likeness (QED) is 0.363. The number of carbonyl (C=O) groups excluding carboxylic acids is 3. The first kappa shape index (κ1) is 14.3. The summed E-state index contributed by atoms with van der Waals surface area (Å²) in [5, 5.41) is 0. The van der Waals surface area contributed by atoms with E-state index >= 15 is 0 Å². The highest BCUT2D eigenvalue weighted by Crippen LogP contribution is 2.38. The van der Waals surface area contributed by atoms with Gasteiger partial charge in [-0.15, -0.1) is 0 Å². The summed E-state index contributed by atoms with van der Waals surface area (Å²) in [6, 6.07) is 0. The lowest BCUT2D eigenvalue weighted by Crippen LogP contribution is -2.48.